The van der Waals surface area contributed by atoms with Crippen molar-refractivity contribution in [1.82, 2.24) is 4.98 Å². The Morgan fingerprint density at radius 1 is 1.50 bits per heavy atom. The van der Waals surface area contributed by atoms with Crippen LogP contribution < -0.4 is 0 Å². The van der Waals surface area contributed by atoms with Crippen LogP contribution in [0.1, 0.15) is 26.2 Å². The number of benzene rings is 1. The molecule has 1 atom stereocenters. The highest BCUT2D eigenvalue weighted by atomic mass is 32.1. The Balaban J connectivity index is 2.39. The number of hydrogen-bond donors (Lipinski definition) is 0. The summed E-state index contributed by atoms with van der Waals surface area (Å²) in [5, 5.41) is 9.83. The number of ketones is 1. The van der Waals surface area contributed by atoms with Crippen molar-refractivity contribution in [3.63, 3.8) is 0 Å². The monoisotopic (exact) mass is 260 g/mol. The van der Waals surface area contributed by atoms with E-state index in [0.29, 0.717) is 4.88 Å². The summed E-state index contributed by atoms with van der Waals surface area (Å²) in [7, 11) is 0. The summed E-state index contributed by atoms with van der Waals surface area (Å²) < 4.78 is 13.6. The third-order valence-electron chi connectivity index (χ3n) is 2.47. The zero-order chi connectivity index (χ0) is 13.1. The van der Waals surface area contributed by atoms with Crippen molar-refractivity contribution >= 4 is 17.1 Å². The molecule has 0 aliphatic heterocycles. The molecule has 0 fully saturated rings. The molecular formula is C13H9FN2OS. The first-order valence-corrected chi connectivity index (χ1v) is 6.06. The fourth-order valence-corrected chi connectivity index (χ4v) is 2.34. The van der Waals surface area contributed by atoms with Gasteiger partial charge in [0.15, 0.2) is 5.78 Å². The van der Waals surface area contributed by atoms with Crippen LogP contribution in [-0.4, -0.2) is 10.8 Å². The lowest BCUT2D eigenvalue weighted by atomic mass is 9.95. The van der Waals surface area contributed by atoms with Crippen LogP contribution in [-0.2, 0) is 0 Å². The smallest absolute Gasteiger partial charge is 0.196 e. The minimum Gasteiger partial charge on any atom is -0.291 e. The number of nitriles is 1. The number of Topliss-reactive ketones (excluding diaryl/α,β-unsaturated/α-hetero) is 1. The van der Waals surface area contributed by atoms with Crippen LogP contribution in [0.15, 0.2) is 30.5 Å². The number of hydrogen-bond acceptors (Lipinski definition) is 4. The highest BCUT2D eigenvalue weighted by molar-refractivity contribution is 7.13. The molecule has 0 saturated carbocycles. The molecule has 0 radical (unpaired) electrons. The molecule has 0 saturated heterocycles. The second kappa shape index (κ2) is 5.07. The van der Waals surface area contributed by atoms with Gasteiger partial charge in [0.05, 0.1) is 16.0 Å². The molecule has 0 aliphatic rings. The average Bonchev–Trinajstić information content (AvgIpc) is 2.79. The van der Waals surface area contributed by atoms with Crippen LogP contribution in [0, 0.1) is 24.1 Å². The summed E-state index contributed by atoms with van der Waals surface area (Å²) in [4.78, 5) is 16.5. The van der Waals surface area contributed by atoms with E-state index >= 15 is 0 Å². The molecule has 1 heterocycles. The quantitative estimate of drug-likeness (QED) is 0.797. The van der Waals surface area contributed by atoms with E-state index in [1.807, 2.05) is 6.07 Å². The van der Waals surface area contributed by atoms with Gasteiger partial charge in [-0.1, -0.05) is 18.2 Å². The third-order valence-corrected chi connectivity index (χ3v) is 3.40. The Hall–Kier alpha value is -2.06. The largest absolute Gasteiger partial charge is 0.291 e. The Labute approximate surface area is 108 Å². The fourth-order valence-electron chi connectivity index (χ4n) is 1.60. The van der Waals surface area contributed by atoms with Gasteiger partial charge in [0.2, 0.25) is 0 Å². The van der Waals surface area contributed by atoms with E-state index in [0.717, 1.165) is 5.01 Å². The number of nitrogens with zero attached hydrogens (tertiary/aromatic N) is 2. The number of rotatable bonds is 3. The van der Waals surface area contributed by atoms with E-state index in [1.165, 1.54) is 35.7 Å². The molecule has 1 unspecified atom stereocenters. The van der Waals surface area contributed by atoms with Crippen molar-refractivity contribution < 1.29 is 9.18 Å². The van der Waals surface area contributed by atoms with Gasteiger partial charge in [-0.05, 0) is 13.0 Å². The van der Waals surface area contributed by atoms with E-state index in [1.54, 1.807) is 13.0 Å². The van der Waals surface area contributed by atoms with E-state index in [9.17, 15) is 9.18 Å². The molecule has 0 N–H and O–H groups in total. The van der Waals surface area contributed by atoms with Gasteiger partial charge in [-0.25, -0.2) is 9.37 Å². The Morgan fingerprint density at radius 3 is 2.78 bits per heavy atom. The third kappa shape index (κ3) is 2.29. The first-order chi connectivity index (χ1) is 8.63. The zero-order valence-corrected chi connectivity index (χ0v) is 10.4. The lowest BCUT2D eigenvalue weighted by Gasteiger charge is -2.07. The van der Waals surface area contributed by atoms with Gasteiger partial charge >= 0.3 is 0 Å². The molecule has 1 aromatic carbocycles. The number of halogens is 1. The number of carbonyl (C=O) groups excluding carboxylic acids is 1. The first-order valence-electron chi connectivity index (χ1n) is 5.24. The highest BCUT2D eigenvalue weighted by Gasteiger charge is 2.25. The van der Waals surface area contributed by atoms with E-state index in [4.69, 9.17) is 5.26 Å². The summed E-state index contributed by atoms with van der Waals surface area (Å²) in [6.07, 6.45) is 1.42. The van der Waals surface area contributed by atoms with Crippen LogP contribution in [0.25, 0.3) is 0 Å². The highest BCUT2D eigenvalue weighted by Crippen LogP contribution is 2.25. The first kappa shape index (κ1) is 12.4. The Kier molecular flexibility index (Phi) is 3.49. The normalized spacial score (nSPS) is 11.8. The molecule has 1 aromatic heterocycles. The molecule has 90 valence electrons. The topological polar surface area (TPSA) is 53.8 Å². The second-order valence-electron chi connectivity index (χ2n) is 3.69. The van der Waals surface area contributed by atoms with E-state index in [2.05, 4.69) is 4.98 Å². The summed E-state index contributed by atoms with van der Waals surface area (Å²) in [6, 6.07) is 7.68. The average molecular weight is 260 g/mol. The zero-order valence-electron chi connectivity index (χ0n) is 9.55. The lowest BCUT2D eigenvalue weighted by Crippen LogP contribution is -2.11. The number of thiazole rings is 1. The van der Waals surface area contributed by atoms with Crippen molar-refractivity contribution in [2.75, 3.05) is 0 Å². The van der Waals surface area contributed by atoms with Crippen molar-refractivity contribution in [2.45, 2.75) is 12.8 Å². The molecule has 0 spiro atoms. The molecule has 0 aliphatic carbocycles. The van der Waals surface area contributed by atoms with Crippen molar-refractivity contribution in [3.8, 4) is 6.07 Å². The Bertz CT molecular complexity index is 630. The van der Waals surface area contributed by atoms with Gasteiger partial charge in [0.25, 0.3) is 0 Å². The fraction of sp³-hybridized carbons (Fsp3) is 0.154. The van der Waals surface area contributed by atoms with Crippen LogP contribution in [0.5, 0.6) is 0 Å². The summed E-state index contributed by atoms with van der Waals surface area (Å²) in [5.41, 5.74) is 0.107. The molecule has 2 rings (SSSR count). The SMILES string of the molecule is Cc1ncc(C(=O)C(C#N)c2ccccc2F)s1. The maximum atomic E-state index is 13.6. The summed E-state index contributed by atoms with van der Waals surface area (Å²) in [5.74, 6) is -2.07. The number of carbonyl (C=O) groups is 1. The van der Waals surface area contributed by atoms with Gasteiger partial charge in [-0.2, -0.15) is 5.26 Å². The standard InChI is InChI=1S/C13H9FN2OS/c1-8-16-7-12(18-8)13(17)10(6-15)9-4-2-3-5-11(9)14/h2-5,7,10H,1H3. The van der Waals surface area contributed by atoms with Crippen molar-refractivity contribution in [3.05, 3.63) is 51.7 Å². The molecule has 2 aromatic rings. The predicted molar refractivity (Wildman–Crippen MR) is 65.9 cm³/mol. The molecule has 0 amide bonds. The van der Waals surface area contributed by atoms with Crippen LogP contribution in [0.3, 0.4) is 0 Å². The van der Waals surface area contributed by atoms with Gasteiger partial charge in [-0.15, -0.1) is 11.3 Å². The molecule has 3 nitrogen and oxygen atoms in total. The second-order valence-corrected chi connectivity index (χ2v) is 4.93. The van der Waals surface area contributed by atoms with E-state index in [-0.39, 0.29) is 5.56 Å². The summed E-state index contributed by atoms with van der Waals surface area (Å²) in [6.45, 7) is 1.77. The molecular weight excluding hydrogens is 251 g/mol. The van der Waals surface area contributed by atoms with Gasteiger partial charge in [0, 0.05) is 11.8 Å². The maximum Gasteiger partial charge on any atom is 0.196 e. The van der Waals surface area contributed by atoms with Gasteiger partial charge in [-0.3, -0.25) is 4.79 Å². The van der Waals surface area contributed by atoms with Crippen molar-refractivity contribution in [2.24, 2.45) is 0 Å². The Morgan fingerprint density at radius 2 is 2.22 bits per heavy atom. The number of aromatic nitrogens is 1. The van der Waals surface area contributed by atoms with Gasteiger partial charge < -0.3 is 0 Å². The molecule has 0 bridgehead atoms. The predicted octanol–water partition coefficient (Wildman–Crippen LogP) is 3.08. The van der Waals surface area contributed by atoms with Gasteiger partial charge in [0.1, 0.15) is 11.7 Å². The molecule has 5 heteroatoms. The van der Waals surface area contributed by atoms with Crippen LogP contribution in [0.4, 0.5) is 4.39 Å². The summed E-state index contributed by atoms with van der Waals surface area (Å²) >= 11 is 1.21. The van der Waals surface area contributed by atoms with Crippen molar-refractivity contribution in [1.29, 1.82) is 5.26 Å². The minimum atomic E-state index is -1.12. The maximum absolute atomic E-state index is 13.6. The molecule has 18 heavy (non-hydrogen) atoms. The van der Waals surface area contributed by atoms with Crippen LogP contribution >= 0.6 is 11.3 Å². The minimum absolute atomic E-state index is 0.107. The number of aryl methyl sites for hydroxylation is 1. The van der Waals surface area contributed by atoms with E-state index < -0.39 is 17.5 Å². The van der Waals surface area contributed by atoms with Crippen LogP contribution in [0.2, 0.25) is 0 Å². The lowest BCUT2D eigenvalue weighted by molar-refractivity contribution is 0.0981.